The Morgan fingerprint density at radius 2 is 1.25 bits per heavy atom. The Morgan fingerprint density at radius 3 is 1.65 bits per heavy atom. The Hall–Kier alpha value is -1.41. The molecule has 1 unspecified atom stereocenters. The van der Waals surface area contributed by atoms with E-state index in [0.717, 1.165) is 46.6 Å². The molecule has 0 bridgehead atoms. The van der Waals surface area contributed by atoms with Crippen molar-refractivity contribution in [2.75, 3.05) is 56.9 Å². The number of hydrazine groups is 1. The number of rotatable bonds is 13. The van der Waals surface area contributed by atoms with Crippen molar-refractivity contribution in [1.82, 2.24) is 33.7 Å². The first-order valence-corrected chi connectivity index (χ1v) is 25.3. The minimum Gasteiger partial charge on any atom is -1.00 e. The summed E-state index contributed by atoms with van der Waals surface area (Å²) in [6.07, 6.45) is 12.3. The number of alkyl halides is 2. The smallest absolute Gasteiger partial charge is 1.00 e. The fourth-order valence-electron chi connectivity index (χ4n) is 4.60. The Kier molecular flexibility index (Phi) is 72.8. The number of nitrogens with one attached hydrogen (secondary N) is 2. The van der Waals surface area contributed by atoms with Crippen molar-refractivity contribution in [2.45, 2.75) is 87.2 Å². The van der Waals surface area contributed by atoms with Crippen molar-refractivity contribution in [2.24, 2.45) is 11.7 Å². The van der Waals surface area contributed by atoms with Crippen LogP contribution in [0.3, 0.4) is 0 Å². The summed E-state index contributed by atoms with van der Waals surface area (Å²) in [6.45, 7) is 12.4. The summed E-state index contributed by atoms with van der Waals surface area (Å²) in [4.78, 5) is 97.6. The van der Waals surface area contributed by atoms with Crippen molar-refractivity contribution in [3.05, 3.63) is 55.9 Å². The van der Waals surface area contributed by atoms with Crippen LogP contribution in [0, 0.1) is 12.8 Å². The minimum absolute atomic E-state index is 0. The third-order valence-corrected chi connectivity index (χ3v) is 10.1. The number of H-pyrrole nitrogens is 2. The first-order valence-electron chi connectivity index (χ1n) is 21.6. The largest absolute Gasteiger partial charge is 1.00 e. The predicted octanol–water partition coefficient (Wildman–Crippen LogP) is -6.38. The molecule has 28 nitrogen and oxygen atoms in total. The molecule has 6 heterocycles. The molecule has 79 heavy (non-hydrogen) atoms. The summed E-state index contributed by atoms with van der Waals surface area (Å²) in [5.74, 6) is 4.77. The average molecular weight is 1470 g/mol. The van der Waals surface area contributed by atoms with E-state index in [4.69, 9.17) is 29.0 Å². The summed E-state index contributed by atoms with van der Waals surface area (Å²) in [5.41, 5.74) is 0.419. The zero-order valence-corrected chi connectivity index (χ0v) is 60.6. The van der Waals surface area contributed by atoms with Crippen molar-refractivity contribution in [3.8, 4) is 24.6 Å². The maximum absolute atomic E-state index is 11.5. The van der Waals surface area contributed by atoms with E-state index < -0.39 is 35.6 Å². The average Bonchev–Trinajstić information content (AvgIpc) is 4.20. The normalized spacial score (nSPS) is 11.3. The molecule has 36 heteroatoms. The van der Waals surface area contributed by atoms with Crippen LogP contribution in [-0.4, -0.2) is 139 Å². The number of imide groups is 1. The van der Waals surface area contributed by atoms with Gasteiger partial charge in [-0.05, 0) is 62.7 Å². The van der Waals surface area contributed by atoms with Crippen molar-refractivity contribution in [1.29, 1.82) is 0 Å². The van der Waals surface area contributed by atoms with E-state index in [1.807, 2.05) is 0 Å². The third-order valence-electron chi connectivity index (χ3n) is 7.46. The van der Waals surface area contributed by atoms with Gasteiger partial charge in [-0.15, -0.1) is 12.8 Å². The van der Waals surface area contributed by atoms with Crippen LogP contribution in [-0.2, 0) is 65.6 Å². The van der Waals surface area contributed by atoms with Crippen LogP contribution in [0.4, 0.5) is 0 Å². The summed E-state index contributed by atoms with van der Waals surface area (Å²) in [6, 6.07) is 2.77. The van der Waals surface area contributed by atoms with Gasteiger partial charge in [0.15, 0.2) is 11.4 Å². The number of terminal acetylenes is 1. The molecule has 3 aromatic heterocycles. The number of fused-ring (bicyclic) bond motifs is 2. The van der Waals surface area contributed by atoms with Crippen LogP contribution >= 0.6 is 73.8 Å². The standard InChI is InChI=1S/C9H11BrN2O3.C9H12N2O3.C8H12O5.C6H8N2O3.C4H4BrNO2.C3H6Br2.C2H2.CH2O3.CH4.2K.H4N2.Na.H3P.H/c1-2-14-9(13)7-6(10)8-12(11-7)4-3-5-15-8;1-2-13-9(12)7-6-8-11(10-7)4-3-5-14-8;1-3-12-7(10)5-6(9)8(11)13-4-2;1-2-11-6(10)4-3-5(9)8-7-4;5-6-3(7)1-2-4(6)8;4-2-1-3-5;1-2;2-1-4-3;;;;1-2;;;/h2-5H2,1H3;6H,2-5H2,1H3;5,9H,3-4H2,1-2H3;3H,2H2,1H3,(H2,7,8,9);1-2H2;1-3H2;1-2H;1,3H;1H4;;;1-2H2;;1H3;/q;;;;;;;;;2*+1;;+1;;-1/p-2/b;;6-5-;;;;;;;;;;;;. The van der Waals surface area contributed by atoms with Crippen molar-refractivity contribution >= 4 is 122 Å². The molecule has 0 aromatic carbocycles. The van der Waals surface area contributed by atoms with E-state index >= 15 is 0 Å². The molecule has 3 aliphatic rings. The van der Waals surface area contributed by atoms with E-state index in [0.29, 0.717) is 73.9 Å². The number of nitrogens with two attached hydrogens (primary N) is 2. The monoisotopic (exact) mass is 1460 g/mol. The Labute approximate surface area is 603 Å². The van der Waals surface area contributed by atoms with Crippen molar-refractivity contribution < 1.29 is 221 Å². The molecule has 1 saturated heterocycles. The van der Waals surface area contributed by atoms with Crippen LogP contribution in [0.1, 0.15) is 107 Å². The number of esters is 5. The molecule has 6 N–H and O–H groups in total. The van der Waals surface area contributed by atoms with Gasteiger partial charge in [0, 0.05) is 67.6 Å². The van der Waals surface area contributed by atoms with Gasteiger partial charge < -0.3 is 49.8 Å². The molecule has 0 radical (unpaired) electrons. The quantitative estimate of drug-likeness (QED) is 0.00981. The molecule has 434 valence electrons. The van der Waals surface area contributed by atoms with Crippen LogP contribution < -0.4 is 169 Å². The van der Waals surface area contributed by atoms with Gasteiger partial charge in [-0.25, -0.2) is 37.3 Å². The van der Waals surface area contributed by atoms with Gasteiger partial charge in [-0.3, -0.25) is 41.1 Å². The number of carbonyl (C=O) groups is 8. The first-order chi connectivity index (χ1) is 35.4. The number of hydrogen-bond acceptors (Lipinski definition) is 23. The maximum atomic E-state index is 11.5. The molecule has 6 rings (SSSR count). The number of aromatic nitrogens is 6. The molecular weight excluding hydrogens is 1400 g/mol. The van der Waals surface area contributed by atoms with E-state index in [2.05, 4.69) is 128 Å². The van der Waals surface area contributed by atoms with Crippen LogP contribution in [0.5, 0.6) is 11.8 Å². The molecule has 0 spiro atoms. The molecule has 1 atom stereocenters. The fraction of sp³-hybridized carbons (Fsp3) is 0.512. The Morgan fingerprint density at radius 1 is 0.785 bits per heavy atom. The molecule has 2 amide bonds. The van der Waals surface area contributed by atoms with E-state index in [1.54, 1.807) is 50.0 Å². The van der Waals surface area contributed by atoms with Gasteiger partial charge in [0.25, 0.3) is 12.0 Å². The zero-order valence-electron chi connectivity index (χ0n) is 45.6. The number of hydrogen-bond donors (Lipinski definition) is 4. The zero-order chi connectivity index (χ0) is 57.0. The third kappa shape index (κ3) is 42.1. The number of aromatic amines is 2. The summed E-state index contributed by atoms with van der Waals surface area (Å²) in [5, 5.41) is 34.3. The number of ether oxygens (including phenoxy) is 7. The van der Waals surface area contributed by atoms with Gasteiger partial charge in [0.05, 0.1) is 62.4 Å². The molecule has 0 saturated carbocycles. The maximum Gasteiger partial charge on any atom is 1.00 e. The Balaban J connectivity index is -0.000000106. The topological polar surface area (TPSA) is 396 Å². The second-order valence-corrected chi connectivity index (χ2v) is 15.6. The number of halogens is 4. The van der Waals surface area contributed by atoms with Crippen LogP contribution in [0.25, 0.3) is 0 Å². The van der Waals surface area contributed by atoms with Crippen molar-refractivity contribution in [3.63, 3.8) is 0 Å². The summed E-state index contributed by atoms with van der Waals surface area (Å²) < 4.78 is 38.8. The molecule has 1 fully saturated rings. The van der Waals surface area contributed by atoms with Gasteiger partial charge in [0.2, 0.25) is 23.6 Å². The summed E-state index contributed by atoms with van der Waals surface area (Å²) in [7, 11) is 0. The molecule has 0 aliphatic carbocycles. The van der Waals surface area contributed by atoms with E-state index in [9.17, 15) is 43.5 Å². The SMILES string of the molecule is BrCCCBr.C.C#C.CCOC(=O)/C=C(\[O-])C(=O)OCC.CCOC(=O)c1cc(=O)[nH][nH]1.CCOC(=O)c1cc2n(n1)CCCO2.CCOC(=O)c1nn2c(c1Br)OCCC2.NN.O=C1CCC(=O)N1Br.O=CO[O-].P.[H-].[K+].[K+].[Na+]. The number of carbonyl (C=O) groups excluding carboxylic acids is 8. The van der Waals surface area contributed by atoms with Crippen LogP contribution in [0.2, 0.25) is 0 Å². The second kappa shape index (κ2) is 61.2. The first kappa shape index (κ1) is 94.0. The number of nitrogens with zero attached hydrogens (tertiary/aromatic N) is 5. The predicted molar refractivity (Wildman–Crippen MR) is 290 cm³/mol. The second-order valence-electron chi connectivity index (χ2n) is 12.5. The Bertz CT molecular complexity index is 2240. The van der Waals surface area contributed by atoms with Gasteiger partial charge in [-0.1, -0.05) is 39.3 Å². The molecular formula is C43H67Br4K2N9NaO19P. The molecule has 3 aromatic rings. The number of amides is 2. The van der Waals surface area contributed by atoms with Gasteiger partial charge in [0.1, 0.15) is 10.2 Å². The number of aryl methyl sites for hydroxylation is 2. The minimum atomic E-state index is -1.05. The fourth-order valence-corrected chi connectivity index (χ4v) is 6.83. The van der Waals surface area contributed by atoms with E-state index in [1.165, 1.54) is 6.42 Å². The van der Waals surface area contributed by atoms with E-state index in [-0.39, 0.29) is 200 Å². The summed E-state index contributed by atoms with van der Waals surface area (Å²) >= 11 is 12.7. The van der Waals surface area contributed by atoms with Crippen LogP contribution in [0.15, 0.2) is 33.2 Å². The van der Waals surface area contributed by atoms with Gasteiger partial charge in [-0.2, -0.15) is 20.1 Å². The molecule has 3 aliphatic heterocycles. The van der Waals surface area contributed by atoms with Gasteiger partial charge >= 0.3 is 162 Å².